The number of halogens is 3. The van der Waals surface area contributed by atoms with E-state index in [9.17, 15) is 18.0 Å². The van der Waals surface area contributed by atoms with Crippen LogP contribution in [0.25, 0.3) is 0 Å². The van der Waals surface area contributed by atoms with Crippen molar-refractivity contribution in [1.29, 1.82) is 0 Å². The summed E-state index contributed by atoms with van der Waals surface area (Å²) < 4.78 is 37.1. The van der Waals surface area contributed by atoms with E-state index in [2.05, 4.69) is 4.98 Å². The van der Waals surface area contributed by atoms with Gasteiger partial charge in [-0.1, -0.05) is 0 Å². The summed E-state index contributed by atoms with van der Waals surface area (Å²) in [6.45, 7) is 1.75. The van der Waals surface area contributed by atoms with Gasteiger partial charge >= 0.3 is 12.1 Å². The third-order valence-electron chi connectivity index (χ3n) is 4.94. The highest BCUT2D eigenvalue weighted by atomic mass is 19.4. The number of ether oxygens (including phenoxy) is 1. The van der Waals surface area contributed by atoms with Crippen molar-refractivity contribution in [3.63, 3.8) is 0 Å². The van der Waals surface area contributed by atoms with E-state index >= 15 is 0 Å². The lowest BCUT2D eigenvalue weighted by Gasteiger charge is -2.51. The van der Waals surface area contributed by atoms with Crippen molar-refractivity contribution in [2.24, 2.45) is 5.41 Å². The molecule has 1 aromatic heterocycles. The minimum atomic E-state index is -5.08. The number of likely N-dealkylation sites (tertiary alicyclic amines) is 1. The first-order chi connectivity index (χ1) is 12.2. The zero-order valence-electron chi connectivity index (χ0n) is 14.3. The molecule has 0 bridgehead atoms. The number of aromatic nitrogens is 1. The van der Waals surface area contributed by atoms with Gasteiger partial charge in [0.15, 0.2) is 0 Å². The molecule has 0 radical (unpaired) electrons. The molecule has 9 heteroatoms. The number of pyridine rings is 1. The predicted molar refractivity (Wildman–Crippen MR) is 85.5 cm³/mol. The Balaban J connectivity index is 0.000000298. The summed E-state index contributed by atoms with van der Waals surface area (Å²) in [4.78, 5) is 27.1. The molecule has 1 saturated heterocycles. The maximum Gasteiger partial charge on any atom is 0.490 e. The first-order valence-corrected chi connectivity index (χ1v) is 8.19. The van der Waals surface area contributed by atoms with Gasteiger partial charge in [0.25, 0.3) is 5.91 Å². The maximum absolute atomic E-state index is 12.3. The number of nitrogens with zero attached hydrogens (tertiary/aromatic N) is 2. The van der Waals surface area contributed by atoms with Gasteiger partial charge in [0, 0.05) is 38.2 Å². The Bertz CT molecular complexity index is 621. The summed E-state index contributed by atoms with van der Waals surface area (Å²) >= 11 is 0. The number of alkyl halides is 3. The summed E-state index contributed by atoms with van der Waals surface area (Å²) in [5.41, 5.74) is 1.20. The molecule has 26 heavy (non-hydrogen) atoms. The number of rotatable bonds is 2. The first-order valence-electron chi connectivity index (χ1n) is 8.19. The van der Waals surface area contributed by atoms with Gasteiger partial charge < -0.3 is 14.7 Å². The molecule has 0 aromatic carbocycles. The van der Waals surface area contributed by atoms with Crippen molar-refractivity contribution in [1.82, 2.24) is 9.88 Å². The molecule has 6 nitrogen and oxygen atoms in total. The Kier molecular flexibility index (Phi) is 6.22. The molecule has 2 heterocycles. The third-order valence-corrected chi connectivity index (χ3v) is 4.94. The molecule has 1 amide bonds. The summed E-state index contributed by atoms with van der Waals surface area (Å²) in [5, 5.41) is 7.12. The standard InChI is InChI=1S/C15H20N2O2.C2HF3O2/c1-19-13-10-15(11-13)4-8-17(9-5-15)14(18)12-2-6-16-7-3-12;3-2(4,5)1(6)7/h2-3,6-7,13H,4-5,8-11H2,1H3;(H,6,7). The van der Waals surface area contributed by atoms with E-state index in [1.54, 1.807) is 31.6 Å². The second-order valence-corrected chi connectivity index (χ2v) is 6.60. The zero-order valence-corrected chi connectivity index (χ0v) is 14.3. The van der Waals surface area contributed by atoms with Gasteiger partial charge in [-0.3, -0.25) is 9.78 Å². The van der Waals surface area contributed by atoms with Gasteiger partial charge in [0.05, 0.1) is 6.10 Å². The van der Waals surface area contributed by atoms with Gasteiger partial charge in [-0.15, -0.1) is 0 Å². The van der Waals surface area contributed by atoms with Crippen molar-refractivity contribution >= 4 is 11.9 Å². The monoisotopic (exact) mass is 374 g/mol. The zero-order chi connectivity index (χ0) is 19.4. The van der Waals surface area contributed by atoms with Crippen LogP contribution in [0.15, 0.2) is 24.5 Å². The molecular weight excluding hydrogens is 353 g/mol. The van der Waals surface area contributed by atoms with Crippen molar-refractivity contribution in [3.8, 4) is 0 Å². The lowest BCUT2D eigenvalue weighted by molar-refractivity contribution is -0.192. The number of aliphatic carboxylic acids is 1. The number of methoxy groups -OCH3 is 1. The molecule has 2 aliphatic rings. The number of hydrogen-bond donors (Lipinski definition) is 1. The quantitative estimate of drug-likeness (QED) is 0.861. The van der Waals surface area contributed by atoms with Crippen LogP contribution in [0.5, 0.6) is 0 Å². The molecule has 1 aliphatic heterocycles. The van der Waals surface area contributed by atoms with Crippen molar-refractivity contribution in [2.45, 2.75) is 38.0 Å². The van der Waals surface area contributed by atoms with Crippen LogP contribution in [0.2, 0.25) is 0 Å². The van der Waals surface area contributed by atoms with Crippen LogP contribution in [0, 0.1) is 5.41 Å². The molecule has 1 saturated carbocycles. The van der Waals surface area contributed by atoms with Crippen LogP contribution in [0.3, 0.4) is 0 Å². The highest BCUT2D eigenvalue weighted by molar-refractivity contribution is 5.94. The average Bonchev–Trinajstić information content (AvgIpc) is 2.59. The Hall–Kier alpha value is -2.16. The molecule has 0 unspecified atom stereocenters. The fourth-order valence-corrected chi connectivity index (χ4v) is 3.34. The Morgan fingerprint density at radius 3 is 2.15 bits per heavy atom. The van der Waals surface area contributed by atoms with E-state index < -0.39 is 12.1 Å². The molecular formula is C17H21F3N2O4. The lowest BCUT2D eigenvalue weighted by atomic mass is 9.61. The smallest absolute Gasteiger partial charge is 0.475 e. The summed E-state index contributed by atoms with van der Waals surface area (Å²) in [7, 11) is 1.79. The number of carboxylic acid groups (broad SMARTS) is 1. The van der Waals surface area contributed by atoms with Crippen LogP contribution in [-0.2, 0) is 9.53 Å². The minimum absolute atomic E-state index is 0.139. The summed E-state index contributed by atoms with van der Waals surface area (Å²) in [6, 6.07) is 3.58. The molecule has 1 spiro atoms. The van der Waals surface area contributed by atoms with E-state index in [1.165, 1.54) is 12.8 Å². The van der Waals surface area contributed by atoms with Crippen molar-refractivity contribution < 1.29 is 32.6 Å². The Morgan fingerprint density at radius 1 is 1.23 bits per heavy atom. The van der Waals surface area contributed by atoms with E-state index in [1.807, 2.05) is 4.90 Å². The van der Waals surface area contributed by atoms with Crippen molar-refractivity contribution in [3.05, 3.63) is 30.1 Å². The van der Waals surface area contributed by atoms with Gasteiger partial charge in [0.1, 0.15) is 0 Å². The van der Waals surface area contributed by atoms with Crippen molar-refractivity contribution in [2.75, 3.05) is 20.2 Å². The Morgan fingerprint density at radius 2 is 1.73 bits per heavy atom. The molecule has 2 fully saturated rings. The third kappa shape index (κ3) is 4.94. The largest absolute Gasteiger partial charge is 0.490 e. The van der Waals surface area contributed by atoms with Gasteiger partial charge in [-0.25, -0.2) is 4.79 Å². The fourth-order valence-electron chi connectivity index (χ4n) is 3.34. The molecule has 1 N–H and O–H groups in total. The van der Waals surface area contributed by atoms with Crippen LogP contribution in [0.4, 0.5) is 13.2 Å². The van der Waals surface area contributed by atoms with Gasteiger partial charge in [0.2, 0.25) is 0 Å². The second-order valence-electron chi connectivity index (χ2n) is 6.60. The first kappa shape index (κ1) is 20.2. The highest BCUT2D eigenvalue weighted by Crippen LogP contribution is 2.50. The molecule has 1 aliphatic carbocycles. The Labute approximate surface area is 149 Å². The molecule has 3 rings (SSSR count). The summed E-state index contributed by atoms with van der Waals surface area (Å²) in [6.07, 6.45) is 3.28. The second kappa shape index (κ2) is 8.03. The van der Waals surface area contributed by atoms with Crippen LogP contribution in [0.1, 0.15) is 36.0 Å². The number of piperidine rings is 1. The average molecular weight is 374 g/mol. The SMILES string of the molecule is COC1CC2(CCN(C(=O)c3ccncc3)CC2)C1.O=C(O)C(F)(F)F. The molecule has 1 aromatic rings. The maximum atomic E-state index is 12.3. The van der Waals surface area contributed by atoms with Gasteiger partial charge in [-0.05, 0) is 43.2 Å². The topological polar surface area (TPSA) is 79.7 Å². The predicted octanol–water partition coefficient (Wildman–Crippen LogP) is 2.75. The number of carbonyl (C=O) groups excluding carboxylic acids is 1. The van der Waals surface area contributed by atoms with Gasteiger partial charge in [-0.2, -0.15) is 13.2 Å². The summed E-state index contributed by atoms with van der Waals surface area (Å²) in [5.74, 6) is -2.62. The number of hydrogen-bond acceptors (Lipinski definition) is 4. The van der Waals surface area contributed by atoms with E-state index in [-0.39, 0.29) is 5.91 Å². The van der Waals surface area contributed by atoms with Crippen LogP contribution >= 0.6 is 0 Å². The van der Waals surface area contributed by atoms with Crippen LogP contribution < -0.4 is 0 Å². The highest BCUT2D eigenvalue weighted by Gasteiger charge is 2.46. The number of amides is 1. The minimum Gasteiger partial charge on any atom is -0.475 e. The number of carboxylic acids is 1. The normalized spacial score (nSPS) is 19.3. The molecule has 0 atom stereocenters. The fraction of sp³-hybridized carbons (Fsp3) is 0.588. The lowest BCUT2D eigenvalue weighted by Crippen LogP contribution is -2.50. The number of carbonyl (C=O) groups is 2. The van der Waals surface area contributed by atoms with E-state index in [0.717, 1.165) is 31.5 Å². The molecule has 144 valence electrons. The van der Waals surface area contributed by atoms with Crippen LogP contribution in [-0.4, -0.2) is 59.3 Å². The van der Waals surface area contributed by atoms with E-state index in [4.69, 9.17) is 14.6 Å². The van der Waals surface area contributed by atoms with E-state index in [0.29, 0.717) is 11.5 Å².